The molecule has 1 aliphatic rings. The van der Waals surface area contributed by atoms with E-state index in [4.69, 9.17) is 0 Å². The Morgan fingerprint density at radius 3 is 2.41 bits per heavy atom. The smallest absolute Gasteiger partial charge is 0.294 e. The fraction of sp³-hybridized carbons (Fsp3) is 0.278. The van der Waals surface area contributed by atoms with Crippen LogP contribution in [0.25, 0.3) is 11.1 Å². The maximum atomic E-state index is 12.4. The summed E-state index contributed by atoms with van der Waals surface area (Å²) in [5.41, 5.74) is 3.56. The molecule has 0 aliphatic heterocycles. The number of carbonyl (C=O) groups excluding carboxylic acids is 1. The molecule has 4 heteroatoms. The van der Waals surface area contributed by atoms with Crippen molar-refractivity contribution in [2.75, 3.05) is 0 Å². The molecule has 114 valence electrons. The minimum Gasteiger partial charge on any atom is -0.294 e. The van der Waals surface area contributed by atoms with Crippen molar-refractivity contribution in [1.82, 2.24) is 0 Å². The third-order valence-corrected chi connectivity index (χ3v) is 4.04. The number of Topliss-reactive ketones (excluding diaryl/α,β-unsaturated/α-hetero) is 1. The van der Waals surface area contributed by atoms with Gasteiger partial charge in [0, 0.05) is 11.5 Å². The second-order valence-corrected chi connectivity index (χ2v) is 5.80. The number of benzene rings is 2. The van der Waals surface area contributed by atoms with Crippen molar-refractivity contribution in [2.24, 2.45) is 5.92 Å². The van der Waals surface area contributed by atoms with Crippen LogP contribution in [-0.4, -0.2) is 12.0 Å². The lowest BCUT2D eigenvalue weighted by molar-refractivity contribution is -0.127. The van der Waals surface area contributed by atoms with E-state index < -0.39 is 12.6 Å². The minimum absolute atomic E-state index is 0.0272. The molecule has 0 N–H and O–H groups in total. The predicted molar refractivity (Wildman–Crippen MR) is 78.8 cm³/mol. The summed E-state index contributed by atoms with van der Waals surface area (Å²) in [7, 11) is 0. The van der Waals surface area contributed by atoms with E-state index >= 15 is 0 Å². The zero-order valence-electron chi connectivity index (χ0n) is 12.1. The zero-order chi connectivity index (χ0) is 15.9. The molecular formula is C18H15F3O. The number of ketones is 1. The van der Waals surface area contributed by atoms with E-state index in [1.807, 2.05) is 25.1 Å². The molecule has 0 radical (unpaired) electrons. The molecule has 2 aromatic carbocycles. The van der Waals surface area contributed by atoms with Crippen molar-refractivity contribution in [3.05, 3.63) is 59.2 Å². The van der Waals surface area contributed by atoms with Gasteiger partial charge >= 0.3 is 6.18 Å². The Balaban J connectivity index is 1.97. The van der Waals surface area contributed by atoms with Crippen molar-refractivity contribution in [3.63, 3.8) is 0 Å². The molecule has 0 saturated carbocycles. The van der Waals surface area contributed by atoms with Gasteiger partial charge in [0.15, 0.2) is 5.78 Å². The lowest BCUT2D eigenvalue weighted by atomic mass is 9.95. The van der Waals surface area contributed by atoms with E-state index in [0.29, 0.717) is 0 Å². The van der Waals surface area contributed by atoms with Crippen molar-refractivity contribution in [2.45, 2.75) is 25.9 Å². The number of alkyl halides is 3. The first-order chi connectivity index (χ1) is 10.3. The molecule has 22 heavy (non-hydrogen) atoms. The Kier molecular flexibility index (Phi) is 3.55. The van der Waals surface area contributed by atoms with Gasteiger partial charge in [0.1, 0.15) is 0 Å². The number of carbonyl (C=O) groups is 1. The second-order valence-electron chi connectivity index (χ2n) is 5.80. The molecule has 1 aliphatic carbocycles. The SMILES string of the molecule is CC1Cc2cccc(-c3ccc(CC(F)(F)F)cc3)c2C1=O. The number of halogens is 3. The number of hydrogen-bond acceptors (Lipinski definition) is 1. The summed E-state index contributed by atoms with van der Waals surface area (Å²) in [5.74, 6) is 0.0885. The monoisotopic (exact) mass is 304 g/mol. The lowest BCUT2D eigenvalue weighted by Crippen LogP contribution is -2.11. The summed E-state index contributed by atoms with van der Waals surface area (Å²) in [5, 5.41) is 0. The van der Waals surface area contributed by atoms with Crippen LogP contribution < -0.4 is 0 Å². The van der Waals surface area contributed by atoms with E-state index in [0.717, 1.165) is 28.7 Å². The van der Waals surface area contributed by atoms with Crippen molar-refractivity contribution >= 4 is 5.78 Å². The van der Waals surface area contributed by atoms with E-state index in [1.165, 1.54) is 12.1 Å². The van der Waals surface area contributed by atoms with Gasteiger partial charge in [-0.25, -0.2) is 0 Å². The van der Waals surface area contributed by atoms with Crippen LogP contribution in [0.15, 0.2) is 42.5 Å². The highest BCUT2D eigenvalue weighted by Crippen LogP contribution is 2.35. The Morgan fingerprint density at radius 2 is 1.77 bits per heavy atom. The normalized spacial score (nSPS) is 17.6. The van der Waals surface area contributed by atoms with Crippen molar-refractivity contribution in [1.29, 1.82) is 0 Å². The van der Waals surface area contributed by atoms with Gasteiger partial charge in [-0.1, -0.05) is 49.4 Å². The van der Waals surface area contributed by atoms with Gasteiger partial charge in [-0.15, -0.1) is 0 Å². The Labute approximate surface area is 126 Å². The van der Waals surface area contributed by atoms with Crippen molar-refractivity contribution in [3.8, 4) is 11.1 Å². The van der Waals surface area contributed by atoms with Gasteiger partial charge in [-0.05, 0) is 28.7 Å². The molecule has 2 aromatic rings. The number of fused-ring (bicyclic) bond motifs is 1. The van der Waals surface area contributed by atoms with Crippen LogP contribution in [0.1, 0.15) is 28.4 Å². The van der Waals surface area contributed by atoms with Crippen LogP contribution in [0.3, 0.4) is 0 Å². The largest absolute Gasteiger partial charge is 0.393 e. The Bertz CT molecular complexity index is 714. The van der Waals surface area contributed by atoms with Gasteiger partial charge in [0.2, 0.25) is 0 Å². The Hall–Kier alpha value is -2.10. The van der Waals surface area contributed by atoms with E-state index in [9.17, 15) is 18.0 Å². The van der Waals surface area contributed by atoms with Gasteiger partial charge < -0.3 is 0 Å². The fourth-order valence-electron chi connectivity index (χ4n) is 3.00. The minimum atomic E-state index is -4.21. The van der Waals surface area contributed by atoms with Gasteiger partial charge in [0.25, 0.3) is 0 Å². The summed E-state index contributed by atoms with van der Waals surface area (Å²) < 4.78 is 37.2. The molecule has 0 aromatic heterocycles. The third-order valence-electron chi connectivity index (χ3n) is 4.04. The average Bonchev–Trinajstić information content (AvgIpc) is 2.73. The van der Waals surface area contributed by atoms with Gasteiger partial charge in [-0.3, -0.25) is 4.79 Å². The predicted octanol–water partition coefficient (Wildman–Crippen LogP) is 4.83. The summed E-state index contributed by atoms with van der Waals surface area (Å²) >= 11 is 0. The molecule has 0 saturated heterocycles. The van der Waals surface area contributed by atoms with Crippen LogP contribution >= 0.6 is 0 Å². The molecule has 1 atom stereocenters. The lowest BCUT2D eigenvalue weighted by Gasteiger charge is -2.10. The van der Waals surface area contributed by atoms with Gasteiger partial charge in [-0.2, -0.15) is 13.2 Å². The first kappa shape index (κ1) is 14.8. The molecule has 0 bridgehead atoms. The quantitative estimate of drug-likeness (QED) is 0.776. The van der Waals surface area contributed by atoms with E-state index in [1.54, 1.807) is 12.1 Å². The maximum Gasteiger partial charge on any atom is 0.393 e. The summed E-state index contributed by atoms with van der Waals surface area (Å²) in [4.78, 5) is 12.3. The molecular weight excluding hydrogens is 289 g/mol. The fourth-order valence-corrected chi connectivity index (χ4v) is 3.00. The van der Waals surface area contributed by atoms with Gasteiger partial charge in [0.05, 0.1) is 6.42 Å². The first-order valence-electron chi connectivity index (χ1n) is 7.17. The molecule has 1 nitrogen and oxygen atoms in total. The van der Waals surface area contributed by atoms with Crippen LogP contribution in [-0.2, 0) is 12.8 Å². The number of hydrogen-bond donors (Lipinski definition) is 0. The Morgan fingerprint density at radius 1 is 1.09 bits per heavy atom. The molecule has 0 spiro atoms. The standard InChI is InChI=1S/C18H15F3O/c1-11-9-14-3-2-4-15(16(14)17(11)22)13-7-5-12(6-8-13)10-18(19,20)21/h2-8,11H,9-10H2,1H3. The van der Waals surface area contributed by atoms with Crippen LogP contribution in [0.5, 0.6) is 0 Å². The second kappa shape index (κ2) is 5.27. The van der Waals surface area contributed by atoms with Crippen LogP contribution in [0.4, 0.5) is 13.2 Å². The molecule has 0 heterocycles. The first-order valence-corrected chi connectivity index (χ1v) is 7.17. The van der Waals surface area contributed by atoms with E-state index in [2.05, 4.69) is 0 Å². The maximum absolute atomic E-state index is 12.4. The van der Waals surface area contributed by atoms with Crippen LogP contribution in [0.2, 0.25) is 0 Å². The molecule has 0 amide bonds. The highest BCUT2D eigenvalue weighted by molar-refractivity contribution is 6.07. The third kappa shape index (κ3) is 2.78. The molecule has 1 unspecified atom stereocenters. The van der Waals surface area contributed by atoms with Crippen LogP contribution in [0, 0.1) is 5.92 Å². The van der Waals surface area contributed by atoms with E-state index in [-0.39, 0.29) is 17.3 Å². The molecule has 3 rings (SSSR count). The topological polar surface area (TPSA) is 17.1 Å². The van der Waals surface area contributed by atoms with Crippen molar-refractivity contribution < 1.29 is 18.0 Å². The average molecular weight is 304 g/mol. The summed E-state index contributed by atoms with van der Waals surface area (Å²) in [6, 6.07) is 12.0. The summed E-state index contributed by atoms with van der Waals surface area (Å²) in [6.07, 6.45) is -4.41. The number of rotatable bonds is 2. The highest BCUT2D eigenvalue weighted by atomic mass is 19.4. The highest BCUT2D eigenvalue weighted by Gasteiger charge is 2.30. The molecule has 0 fully saturated rings. The summed E-state index contributed by atoms with van der Waals surface area (Å²) in [6.45, 7) is 1.90. The zero-order valence-corrected chi connectivity index (χ0v) is 12.1.